The standard InChI is InChI=1S/C17H23NO3/c1-12(11-21-2)18-17(20)9-8-16(19)15-7-6-13-4-3-5-14(13)10-15/h6-7,10,12H,3-5,8-9,11H2,1-2H3,(H,18,20). The van der Waals surface area contributed by atoms with Gasteiger partial charge in [-0.15, -0.1) is 0 Å². The third-order valence-electron chi connectivity index (χ3n) is 3.82. The lowest BCUT2D eigenvalue weighted by atomic mass is 10.0. The number of methoxy groups -OCH3 is 1. The van der Waals surface area contributed by atoms with Crippen LogP contribution in [0.3, 0.4) is 0 Å². The summed E-state index contributed by atoms with van der Waals surface area (Å²) in [6.45, 7) is 2.36. The first-order valence-electron chi connectivity index (χ1n) is 7.53. The van der Waals surface area contributed by atoms with E-state index in [1.54, 1.807) is 7.11 Å². The van der Waals surface area contributed by atoms with E-state index in [0.717, 1.165) is 18.4 Å². The van der Waals surface area contributed by atoms with Crippen molar-refractivity contribution in [3.8, 4) is 0 Å². The molecule has 0 aromatic heterocycles. The van der Waals surface area contributed by atoms with Crippen LogP contribution in [0.25, 0.3) is 0 Å². The monoisotopic (exact) mass is 289 g/mol. The van der Waals surface area contributed by atoms with Gasteiger partial charge >= 0.3 is 0 Å². The van der Waals surface area contributed by atoms with E-state index in [4.69, 9.17) is 4.74 Å². The first-order valence-corrected chi connectivity index (χ1v) is 7.53. The third-order valence-corrected chi connectivity index (χ3v) is 3.82. The Balaban J connectivity index is 1.83. The third kappa shape index (κ3) is 4.39. The number of ketones is 1. The molecule has 0 spiro atoms. The first-order chi connectivity index (χ1) is 10.1. The highest BCUT2D eigenvalue weighted by molar-refractivity contribution is 5.98. The highest BCUT2D eigenvalue weighted by Crippen LogP contribution is 2.23. The number of fused-ring (bicyclic) bond motifs is 1. The molecule has 1 amide bonds. The minimum atomic E-state index is -0.103. The first kappa shape index (κ1) is 15.7. The fraction of sp³-hybridized carbons (Fsp3) is 0.529. The molecule has 0 fully saturated rings. The molecule has 0 saturated heterocycles. The van der Waals surface area contributed by atoms with Crippen molar-refractivity contribution in [2.45, 2.75) is 45.1 Å². The lowest BCUT2D eigenvalue weighted by Gasteiger charge is -2.12. The van der Waals surface area contributed by atoms with Crippen LogP contribution in [-0.4, -0.2) is 31.4 Å². The zero-order chi connectivity index (χ0) is 15.2. The van der Waals surface area contributed by atoms with Crippen molar-refractivity contribution in [1.29, 1.82) is 0 Å². The Bertz CT molecular complexity index is 525. The van der Waals surface area contributed by atoms with Gasteiger partial charge in [0.05, 0.1) is 6.61 Å². The Morgan fingerprint density at radius 2 is 2.00 bits per heavy atom. The summed E-state index contributed by atoms with van der Waals surface area (Å²) in [7, 11) is 1.60. The molecular weight excluding hydrogens is 266 g/mol. The number of benzene rings is 1. The number of ether oxygens (including phenoxy) is 1. The molecule has 2 rings (SSSR count). The Morgan fingerprint density at radius 3 is 2.76 bits per heavy atom. The molecule has 0 bridgehead atoms. The minimum absolute atomic E-state index is 0.0300. The zero-order valence-corrected chi connectivity index (χ0v) is 12.8. The van der Waals surface area contributed by atoms with E-state index in [0.29, 0.717) is 6.61 Å². The molecule has 1 aromatic carbocycles. The van der Waals surface area contributed by atoms with Gasteiger partial charge in [-0.2, -0.15) is 0 Å². The van der Waals surface area contributed by atoms with Crippen molar-refractivity contribution in [1.82, 2.24) is 5.32 Å². The Hall–Kier alpha value is -1.68. The lowest BCUT2D eigenvalue weighted by Crippen LogP contribution is -2.35. The van der Waals surface area contributed by atoms with E-state index in [9.17, 15) is 9.59 Å². The second-order valence-corrected chi connectivity index (χ2v) is 5.68. The van der Waals surface area contributed by atoms with Crippen molar-refractivity contribution in [3.05, 3.63) is 34.9 Å². The highest BCUT2D eigenvalue weighted by atomic mass is 16.5. The summed E-state index contributed by atoms with van der Waals surface area (Å²) in [6, 6.07) is 5.90. The van der Waals surface area contributed by atoms with Crippen LogP contribution in [0.5, 0.6) is 0 Å². The molecular formula is C17H23NO3. The van der Waals surface area contributed by atoms with E-state index < -0.39 is 0 Å². The number of nitrogens with one attached hydrogen (secondary N) is 1. The maximum atomic E-state index is 12.2. The van der Waals surface area contributed by atoms with Crippen LogP contribution in [0.1, 0.15) is 47.7 Å². The second kappa shape index (κ2) is 7.36. The van der Waals surface area contributed by atoms with Crippen molar-refractivity contribution < 1.29 is 14.3 Å². The number of hydrogen-bond donors (Lipinski definition) is 1. The van der Waals surface area contributed by atoms with E-state index in [-0.39, 0.29) is 30.6 Å². The minimum Gasteiger partial charge on any atom is -0.383 e. The van der Waals surface area contributed by atoms with Gasteiger partial charge in [0.25, 0.3) is 0 Å². The van der Waals surface area contributed by atoms with Gasteiger partial charge in [0, 0.05) is 31.6 Å². The van der Waals surface area contributed by atoms with Crippen LogP contribution in [-0.2, 0) is 22.4 Å². The summed E-state index contributed by atoms with van der Waals surface area (Å²) in [5.41, 5.74) is 3.38. The second-order valence-electron chi connectivity index (χ2n) is 5.68. The summed E-state index contributed by atoms with van der Waals surface area (Å²) in [5.74, 6) is -0.0618. The molecule has 1 aliphatic carbocycles. The number of carbonyl (C=O) groups excluding carboxylic acids is 2. The fourth-order valence-corrected chi connectivity index (χ4v) is 2.76. The van der Waals surface area contributed by atoms with Crippen LogP contribution in [0, 0.1) is 0 Å². The average Bonchev–Trinajstić information content (AvgIpc) is 2.92. The summed E-state index contributed by atoms with van der Waals surface area (Å²) < 4.78 is 4.96. The number of rotatable bonds is 7. The van der Waals surface area contributed by atoms with E-state index in [1.807, 2.05) is 19.1 Å². The summed E-state index contributed by atoms with van der Waals surface area (Å²) in [4.78, 5) is 23.9. The number of Topliss-reactive ketones (excluding diaryl/α,β-unsaturated/α-hetero) is 1. The number of hydrogen-bond acceptors (Lipinski definition) is 3. The molecule has 0 aliphatic heterocycles. The van der Waals surface area contributed by atoms with Gasteiger partial charge in [0.15, 0.2) is 5.78 Å². The summed E-state index contributed by atoms with van der Waals surface area (Å²) >= 11 is 0. The molecule has 1 atom stereocenters. The number of aryl methyl sites for hydroxylation is 2. The molecule has 4 nitrogen and oxygen atoms in total. The van der Waals surface area contributed by atoms with E-state index in [2.05, 4.69) is 11.4 Å². The predicted octanol–water partition coefficient (Wildman–Crippen LogP) is 2.29. The van der Waals surface area contributed by atoms with E-state index >= 15 is 0 Å². The summed E-state index contributed by atoms with van der Waals surface area (Å²) in [6.07, 6.45) is 3.83. The normalized spacial score (nSPS) is 14.6. The van der Waals surface area contributed by atoms with Crippen LogP contribution >= 0.6 is 0 Å². The maximum absolute atomic E-state index is 12.2. The van der Waals surface area contributed by atoms with E-state index in [1.165, 1.54) is 17.5 Å². The molecule has 114 valence electrons. The van der Waals surface area contributed by atoms with Crippen LogP contribution in [0.4, 0.5) is 0 Å². The van der Waals surface area contributed by atoms with Crippen molar-refractivity contribution in [2.75, 3.05) is 13.7 Å². The highest BCUT2D eigenvalue weighted by Gasteiger charge is 2.15. The average molecular weight is 289 g/mol. The quantitative estimate of drug-likeness (QED) is 0.784. The molecule has 4 heteroatoms. The van der Waals surface area contributed by atoms with Gasteiger partial charge in [-0.1, -0.05) is 12.1 Å². The molecule has 0 heterocycles. The number of carbonyl (C=O) groups is 2. The molecule has 1 unspecified atom stereocenters. The SMILES string of the molecule is COCC(C)NC(=O)CCC(=O)c1ccc2c(c1)CCC2. The number of amides is 1. The molecule has 1 N–H and O–H groups in total. The van der Waals surface area contributed by atoms with Gasteiger partial charge in [0.1, 0.15) is 0 Å². The summed E-state index contributed by atoms with van der Waals surface area (Å²) in [5, 5.41) is 2.81. The van der Waals surface area contributed by atoms with Gasteiger partial charge in [-0.25, -0.2) is 0 Å². The van der Waals surface area contributed by atoms with Gasteiger partial charge in [-0.05, 0) is 43.4 Å². The van der Waals surface area contributed by atoms with Crippen molar-refractivity contribution >= 4 is 11.7 Å². The zero-order valence-electron chi connectivity index (χ0n) is 12.8. The van der Waals surface area contributed by atoms with Crippen molar-refractivity contribution in [2.24, 2.45) is 0 Å². The van der Waals surface area contributed by atoms with Gasteiger partial charge < -0.3 is 10.1 Å². The van der Waals surface area contributed by atoms with Crippen LogP contribution in [0.15, 0.2) is 18.2 Å². The predicted molar refractivity (Wildman–Crippen MR) is 81.5 cm³/mol. The Labute approximate surface area is 125 Å². The molecule has 1 aliphatic rings. The van der Waals surface area contributed by atoms with Crippen molar-refractivity contribution in [3.63, 3.8) is 0 Å². The smallest absolute Gasteiger partial charge is 0.220 e. The van der Waals surface area contributed by atoms with Gasteiger partial charge in [-0.3, -0.25) is 9.59 Å². The Morgan fingerprint density at radius 1 is 1.24 bits per heavy atom. The van der Waals surface area contributed by atoms with Crippen LogP contribution in [0.2, 0.25) is 0 Å². The van der Waals surface area contributed by atoms with Crippen LogP contribution < -0.4 is 5.32 Å². The topological polar surface area (TPSA) is 55.4 Å². The molecule has 21 heavy (non-hydrogen) atoms. The largest absolute Gasteiger partial charge is 0.383 e. The lowest BCUT2D eigenvalue weighted by molar-refractivity contribution is -0.122. The van der Waals surface area contributed by atoms with Gasteiger partial charge in [0.2, 0.25) is 5.91 Å². The molecule has 0 saturated carbocycles. The molecule has 1 aromatic rings. The Kier molecular flexibility index (Phi) is 5.51. The fourth-order valence-electron chi connectivity index (χ4n) is 2.76. The molecule has 0 radical (unpaired) electrons. The maximum Gasteiger partial charge on any atom is 0.220 e.